The van der Waals surface area contributed by atoms with Crippen LogP contribution < -0.4 is 15.5 Å². The zero-order valence-corrected chi connectivity index (χ0v) is 22.5. The molecule has 10 heteroatoms. The van der Waals surface area contributed by atoms with Crippen molar-refractivity contribution in [2.45, 2.75) is 19.3 Å². The van der Waals surface area contributed by atoms with Crippen LogP contribution in [0.5, 0.6) is 0 Å². The second-order valence-corrected chi connectivity index (χ2v) is 10.4. The Bertz CT molecular complexity index is 1490. The van der Waals surface area contributed by atoms with Gasteiger partial charge in [-0.3, -0.25) is 4.79 Å². The molecule has 1 saturated heterocycles. The number of halogens is 2. The summed E-state index contributed by atoms with van der Waals surface area (Å²) < 4.78 is 1.86. The number of amides is 1. The highest BCUT2D eigenvalue weighted by atomic mass is 35.5. The highest BCUT2D eigenvalue weighted by molar-refractivity contribution is 6.33. The van der Waals surface area contributed by atoms with Gasteiger partial charge in [0.05, 0.1) is 10.6 Å². The molecular weight excluding hydrogens is 523 g/mol. The average molecular weight is 551 g/mol. The van der Waals surface area contributed by atoms with Gasteiger partial charge in [0.25, 0.3) is 0 Å². The van der Waals surface area contributed by atoms with Gasteiger partial charge in [0.15, 0.2) is 5.65 Å². The van der Waals surface area contributed by atoms with Crippen molar-refractivity contribution in [1.82, 2.24) is 14.6 Å². The maximum Gasteiger partial charge on any atom is 0.219 e. The lowest BCUT2D eigenvalue weighted by Crippen LogP contribution is -2.27. The van der Waals surface area contributed by atoms with Crippen molar-refractivity contribution in [1.29, 1.82) is 0 Å². The van der Waals surface area contributed by atoms with Crippen molar-refractivity contribution in [2.24, 2.45) is 11.7 Å². The second-order valence-electron chi connectivity index (χ2n) is 9.56. The first kappa shape index (κ1) is 26.0. The average Bonchev–Trinajstić information content (AvgIpc) is 3.52. The first-order chi connectivity index (χ1) is 18.4. The minimum Gasteiger partial charge on any atom is -0.370 e. The van der Waals surface area contributed by atoms with Crippen molar-refractivity contribution in [3.8, 4) is 22.4 Å². The molecule has 1 atom stereocenters. The molecule has 196 valence electrons. The Labute approximate surface area is 231 Å². The molecule has 5 rings (SSSR count). The van der Waals surface area contributed by atoms with E-state index in [0.717, 1.165) is 48.3 Å². The molecule has 1 aliphatic rings. The number of aromatic nitrogens is 3. The van der Waals surface area contributed by atoms with Gasteiger partial charge in [-0.1, -0.05) is 53.5 Å². The van der Waals surface area contributed by atoms with E-state index in [-0.39, 0.29) is 18.2 Å². The Balaban J connectivity index is 1.76. The summed E-state index contributed by atoms with van der Waals surface area (Å²) in [5, 5.41) is 6.28. The molecule has 1 amide bonds. The molecule has 0 aliphatic carbocycles. The quantitative estimate of drug-likeness (QED) is 0.291. The number of nitrogens with two attached hydrogens (primary N) is 1. The van der Waals surface area contributed by atoms with Gasteiger partial charge in [0.1, 0.15) is 23.6 Å². The first-order valence-corrected chi connectivity index (χ1v) is 13.2. The molecule has 2 aromatic carbocycles. The molecule has 1 aliphatic heterocycles. The number of hydrogen-bond donors (Lipinski definition) is 1. The van der Waals surface area contributed by atoms with Crippen LogP contribution in [-0.4, -0.2) is 53.5 Å². The standard InChI is InChI=1S/C28H28Cl2N6O2/c1-34(13-11-23(31)38)24-16-25(35-14-10-18(17-35)12-15-37)36-28(32-24)26(19-6-8-20(29)9-7-19)27(33-36)21-4-2-3-5-22(21)30/h2-9,15-16,18H,10-14,17H2,1H3,(H2,31,38). The molecule has 0 radical (unpaired) electrons. The van der Waals surface area contributed by atoms with E-state index < -0.39 is 0 Å². The van der Waals surface area contributed by atoms with Crippen LogP contribution in [0.2, 0.25) is 10.0 Å². The summed E-state index contributed by atoms with van der Waals surface area (Å²) in [5.41, 5.74) is 9.28. The molecule has 2 N–H and O–H groups in total. The largest absolute Gasteiger partial charge is 0.370 e. The fraction of sp³-hybridized carbons (Fsp3) is 0.286. The number of primary amides is 1. The highest BCUT2D eigenvalue weighted by Gasteiger charge is 2.28. The van der Waals surface area contributed by atoms with Gasteiger partial charge in [-0.05, 0) is 36.1 Å². The SMILES string of the molecule is CN(CCC(N)=O)c1cc(N2CCC(CC=O)C2)n2nc(-c3ccccc3Cl)c(-c3ccc(Cl)cc3)c2n1. The minimum absolute atomic E-state index is 0.206. The number of anilines is 2. The summed E-state index contributed by atoms with van der Waals surface area (Å²) in [6.07, 6.45) is 2.63. The third-order valence-corrected chi connectivity index (χ3v) is 7.52. The number of fused-ring (bicyclic) bond motifs is 1. The summed E-state index contributed by atoms with van der Waals surface area (Å²) in [7, 11) is 1.89. The molecule has 3 heterocycles. The fourth-order valence-electron chi connectivity index (χ4n) is 4.90. The lowest BCUT2D eigenvalue weighted by atomic mass is 10.0. The van der Waals surface area contributed by atoms with Crippen LogP contribution in [0, 0.1) is 5.92 Å². The summed E-state index contributed by atoms with van der Waals surface area (Å²) in [5.74, 6) is 1.45. The van der Waals surface area contributed by atoms with Gasteiger partial charge in [0, 0.05) is 56.2 Å². The van der Waals surface area contributed by atoms with E-state index in [1.54, 1.807) is 0 Å². The Morgan fingerprint density at radius 3 is 2.66 bits per heavy atom. The van der Waals surface area contributed by atoms with Crippen LogP contribution in [0.15, 0.2) is 54.6 Å². The van der Waals surface area contributed by atoms with Crippen LogP contribution in [0.3, 0.4) is 0 Å². The van der Waals surface area contributed by atoms with E-state index in [1.165, 1.54) is 0 Å². The van der Waals surface area contributed by atoms with Crippen LogP contribution in [0.4, 0.5) is 11.6 Å². The lowest BCUT2D eigenvalue weighted by Gasteiger charge is -2.23. The van der Waals surface area contributed by atoms with E-state index in [2.05, 4.69) is 4.90 Å². The van der Waals surface area contributed by atoms with Gasteiger partial charge in [-0.25, -0.2) is 4.98 Å². The van der Waals surface area contributed by atoms with Crippen molar-refractivity contribution in [3.05, 3.63) is 64.6 Å². The Morgan fingerprint density at radius 1 is 1.18 bits per heavy atom. The van der Waals surface area contributed by atoms with E-state index in [4.69, 9.17) is 39.0 Å². The molecule has 38 heavy (non-hydrogen) atoms. The number of nitrogens with zero attached hydrogens (tertiary/aromatic N) is 5. The van der Waals surface area contributed by atoms with Crippen LogP contribution >= 0.6 is 23.2 Å². The maximum atomic E-state index is 11.5. The predicted molar refractivity (Wildman–Crippen MR) is 152 cm³/mol. The van der Waals surface area contributed by atoms with E-state index >= 15 is 0 Å². The van der Waals surface area contributed by atoms with Crippen molar-refractivity contribution >= 4 is 52.7 Å². The Hall–Kier alpha value is -3.62. The molecule has 1 unspecified atom stereocenters. The summed E-state index contributed by atoms with van der Waals surface area (Å²) in [6, 6.07) is 17.1. The molecule has 4 aromatic rings. The zero-order chi connectivity index (χ0) is 26.8. The Morgan fingerprint density at radius 2 is 1.95 bits per heavy atom. The number of aldehydes is 1. The van der Waals surface area contributed by atoms with E-state index in [0.29, 0.717) is 40.2 Å². The van der Waals surface area contributed by atoms with Gasteiger partial charge >= 0.3 is 0 Å². The van der Waals surface area contributed by atoms with Crippen molar-refractivity contribution < 1.29 is 9.59 Å². The number of carbonyl (C=O) groups excluding carboxylic acids is 2. The lowest BCUT2D eigenvalue weighted by molar-refractivity contribution is -0.117. The smallest absolute Gasteiger partial charge is 0.219 e. The molecule has 0 bridgehead atoms. The molecule has 1 fully saturated rings. The van der Waals surface area contributed by atoms with Crippen molar-refractivity contribution in [3.63, 3.8) is 0 Å². The van der Waals surface area contributed by atoms with Crippen LogP contribution in [0.1, 0.15) is 19.3 Å². The number of carbonyl (C=O) groups is 2. The fourth-order valence-corrected chi connectivity index (χ4v) is 5.25. The Kier molecular flexibility index (Phi) is 7.53. The monoisotopic (exact) mass is 550 g/mol. The zero-order valence-electron chi connectivity index (χ0n) is 21.0. The first-order valence-electron chi connectivity index (χ1n) is 12.5. The van der Waals surface area contributed by atoms with E-state index in [9.17, 15) is 9.59 Å². The van der Waals surface area contributed by atoms with Gasteiger partial charge in [-0.15, -0.1) is 0 Å². The minimum atomic E-state index is -0.374. The summed E-state index contributed by atoms with van der Waals surface area (Å²) in [6.45, 7) is 1.95. The van der Waals surface area contributed by atoms with E-state index in [1.807, 2.05) is 71.1 Å². The number of benzene rings is 2. The summed E-state index contributed by atoms with van der Waals surface area (Å²) in [4.78, 5) is 31.9. The predicted octanol–water partition coefficient (Wildman–Crippen LogP) is 5.10. The summed E-state index contributed by atoms with van der Waals surface area (Å²) >= 11 is 12.9. The number of rotatable bonds is 9. The molecular formula is C28H28Cl2N6O2. The van der Waals surface area contributed by atoms with Crippen molar-refractivity contribution in [2.75, 3.05) is 36.5 Å². The van der Waals surface area contributed by atoms with Gasteiger partial charge < -0.3 is 20.3 Å². The topological polar surface area (TPSA) is 96.8 Å². The molecule has 2 aromatic heterocycles. The van der Waals surface area contributed by atoms with Gasteiger partial charge in [-0.2, -0.15) is 9.61 Å². The second kappa shape index (κ2) is 11.0. The molecule has 0 spiro atoms. The van der Waals surface area contributed by atoms with Gasteiger partial charge in [0.2, 0.25) is 5.91 Å². The van der Waals surface area contributed by atoms with Crippen LogP contribution in [-0.2, 0) is 9.59 Å². The normalized spacial score (nSPS) is 15.2. The third kappa shape index (κ3) is 5.19. The third-order valence-electron chi connectivity index (χ3n) is 6.94. The van der Waals surface area contributed by atoms with Crippen LogP contribution in [0.25, 0.3) is 28.0 Å². The molecule has 8 nitrogen and oxygen atoms in total. The number of hydrogen-bond acceptors (Lipinski definition) is 6. The highest BCUT2D eigenvalue weighted by Crippen LogP contribution is 2.40. The maximum absolute atomic E-state index is 11.5. The molecule has 0 saturated carbocycles.